The summed E-state index contributed by atoms with van der Waals surface area (Å²) in [5.41, 5.74) is 8.94. The van der Waals surface area contributed by atoms with Gasteiger partial charge in [0.25, 0.3) is 0 Å². The molecule has 3 aliphatic rings. The van der Waals surface area contributed by atoms with Crippen LogP contribution in [0.15, 0.2) is 46.0 Å². The number of hydrogen-bond acceptors (Lipinski definition) is 9. The van der Waals surface area contributed by atoms with Crippen LogP contribution < -0.4 is 15.4 Å². The quantitative estimate of drug-likeness (QED) is 0.218. The number of hydrazone groups is 1. The van der Waals surface area contributed by atoms with Crippen molar-refractivity contribution in [2.45, 2.75) is 55.7 Å². The maximum atomic E-state index is 13.2. The molecule has 7 rings (SSSR count). The predicted molar refractivity (Wildman–Crippen MR) is 193 cm³/mol. The lowest BCUT2D eigenvalue weighted by Gasteiger charge is -2.22. The minimum Gasteiger partial charge on any atom is -0.491 e. The van der Waals surface area contributed by atoms with E-state index in [-0.39, 0.29) is 5.97 Å². The molecular formula is C36H42ClN7O3S. The molecule has 1 fully saturated rings. The Kier molecular flexibility index (Phi) is 9.70. The first kappa shape index (κ1) is 32.6. The molecule has 2 aromatic carbocycles. The van der Waals surface area contributed by atoms with Crippen molar-refractivity contribution in [1.82, 2.24) is 24.7 Å². The first-order chi connectivity index (χ1) is 23.4. The summed E-state index contributed by atoms with van der Waals surface area (Å²) < 4.78 is 15.7. The van der Waals surface area contributed by atoms with Crippen LogP contribution in [-0.4, -0.2) is 64.9 Å². The number of fused-ring (bicyclic) bond motifs is 7. The van der Waals surface area contributed by atoms with E-state index in [0.717, 1.165) is 95.8 Å². The van der Waals surface area contributed by atoms with Crippen LogP contribution in [0.1, 0.15) is 64.2 Å². The van der Waals surface area contributed by atoms with E-state index < -0.39 is 0 Å². The van der Waals surface area contributed by atoms with Crippen LogP contribution >= 0.6 is 23.4 Å². The molecule has 4 aromatic rings. The van der Waals surface area contributed by atoms with E-state index >= 15 is 0 Å². The second-order valence-corrected chi connectivity index (χ2v) is 14.0. The Morgan fingerprint density at radius 3 is 2.88 bits per heavy atom. The van der Waals surface area contributed by atoms with E-state index in [1.165, 1.54) is 23.3 Å². The van der Waals surface area contributed by atoms with Crippen molar-refractivity contribution in [2.75, 3.05) is 38.7 Å². The molecule has 48 heavy (non-hydrogen) atoms. The highest BCUT2D eigenvalue weighted by Crippen LogP contribution is 2.39. The Morgan fingerprint density at radius 1 is 1.10 bits per heavy atom. The number of methoxy groups -OCH3 is 1. The van der Waals surface area contributed by atoms with Gasteiger partial charge in [0.05, 0.1) is 30.6 Å². The highest BCUT2D eigenvalue weighted by atomic mass is 35.5. The summed E-state index contributed by atoms with van der Waals surface area (Å²) in [6.45, 7) is 3.56. The van der Waals surface area contributed by atoms with E-state index in [4.69, 9.17) is 31.3 Å². The predicted octanol–water partition coefficient (Wildman–Crippen LogP) is 6.54. The lowest BCUT2D eigenvalue weighted by molar-refractivity contribution is 0.0589. The summed E-state index contributed by atoms with van der Waals surface area (Å²) in [6, 6.07) is 10.6. The minimum atomic E-state index is -0.361. The zero-order valence-electron chi connectivity index (χ0n) is 27.8. The molecule has 0 amide bonds. The van der Waals surface area contributed by atoms with Crippen LogP contribution in [0.3, 0.4) is 0 Å². The highest BCUT2D eigenvalue weighted by Gasteiger charge is 2.25. The normalized spacial score (nSPS) is 19.0. The van der Waals surface area contributed by atoms with E-state index in [0.29, 0.717) is 36.8 Å². The largest absolute Gasteiger partial charge is 0.491 e. The summed E-state index contributed by atoms with van der Waals surface area (Å²) in [5.74, 6) is 1.33. The Morgan fingerprint density at radius 2 is 2.00 bits per heavy atom. The fourth-order valence-electron chi connectivity index (χ4n) is 7.02. The van der Waals surface area contributed by atoms with Gasteiger partial charge in [0.2, 0.25) is 0 Å². The summed E-state index contributed by atoms with van der Waals surface area (Å²) in [5, 5.41) is 20.3. The molecule has 0 unspecified atom stereocenters. The smallest absolute Gasteiger partial charge is 0.354 e. The molecule has 0 saturated carbocycles. The molecule has 2 aromatic heterocycles. The van der Waals surface area contributed by atoms with Crippen LogP contribution in [0.25, 0.3) is 17.0 Å². The average Bonchev–Trinajstić information content (AvgIpc) is 3.77. The SMILES string of the molecule is COC(=O)c1c2c3ccc(Cl)c(c3n1C)/C=C1\CCCN1/N=C/CNCc1cc(n(C)n1)CSc1cc3c(c(c1)OCCC2)NCCC3. The second-order valence-electron chi connectivity index (χ2n) is 12.5. The zero-order valence-corrected chi connectivity index (χ0v) is 29.3. The van der Waals surface area contributed by atoms with E-state index in [9.17, 15) is 4.79 Å². The third kappa shape index (κ3) is 6.55. The Bertz CT molecular complexity index is 1910. The number of rotatable bonds is 1. The van der Waals surface area contributed by atoms with Gasteiger partial charge in [-0.25, -0.2) is 4.79 Å². The van der Waals surface area contributed by atoms with Gasteiger partial charge in [-0.15, -0.1) is 11.8 Å². The van der Waals surface area contributed by atoms with Gasteiger partial charge in [-0.3, -0.25) is 9.69 Å². The van der Waals surface area contributed by atoms with Crippen molar-refractivity contribution in [3.63, 3.8) is 0 Å². The Labute approximate surface area is 290 Å². The van der Waals surface area contributed by atoms with Gasteiger partial charge < -0.3 is 24.7 Å². The molecule has 0 radical (unpaired) electrons. The van der Waals surface area contributed by atoms with Gasteiger partial charge in [-0.05, 0) is 80.0 Å². The van der Waals surface area contributed by atoms with Crippen molar-refractivity contribution >= 4 is 58.2 Å². The van der Waals surface area contributed by atoms with Crippen LogP contribution in [0, 0.1) is 0 Å². The van der Waals surface area contributed by atoms with Gasteiger partial charge in [-0.2, -0.15) is 10.2 Å². The average molecular weight is 688 g/mol. The monoisotopic (exact) mass is 687 g/mol. The molecule has 12 heteroatoms. The number of aryl methyl sites for hydroxylation is 4. The second kappa shape index (κ2) is 14.3. The molecule has 1 saturated heterocycles. The topological polar surface area (TPSA) is 97.9 Å². The molecule has 252 valence electrons. The molecule has 5 heterocycles. The van der Waals surface area contributed by atoms with E-state index in [2.05, 4.69) is 39.9 Å². The van der Waals surface area contributed by atoms with Crippen molar-refractivity contribution in [3.8, 4) is 5.75 Å². The molecule has 2 N–H and O–H groups in total. The number of carbonyl (C=O) groups excluding carboxylic acids is 1. The molecule has 10 nitrogen and oxygen atoms in total. The van der Waals surface area contributed by atoms with Crippen molar-refractivity contribution in [1.29, 1.82) is 0 Å². The van der Waals surface area contributed by atoms with Crippen LogP contribution in [0.4, 0.5) is 5.69 Å². The number of hydrogen-bond donors (Lipinski definition) is 2. The number of aromatic nitrogens is 3. The fourth-order valence-corrected chi connectivity index (χ4v) is 8.23. The molecule has 0 spiro atoms. The lowest BCUT2D eigenvalue weighted by atomic mass is 10.0. The van der Waals surface area contributed by atoms with Gasteiger partial charge >= 0.3 is 5.97 Å². The molecule has 3 aliphatic heterocycles. The lowest BCUT2D eigenvalue weighted by Crippen LogP contribution is -2.18. The van der Waals surface area contributed by atoms with Crippen LogP contribution in [0.2, 0.25) is 5.02 Å². The standard InChI is InChI=1S/C36H42ClN7O3S/c1-42-34-29-10-11-31(37)30(34)19-25-8-5-15-44(25)40-14-13-38-21-24-18-26(43(2)41-24)22-48-27-17-23-7-4-12-39-33(23)32(20-27)47-16-6-9-28(29)35(42)36(45)46-3/h10-11,14,17-20,38-39H,4-9,12-13,15-16,21-22H2,1-3H3/b25-19+,40-14+. The number of allylic oxidation sites excluding steroid dienone is 1. The van der Waals surface area contributed by atoms with Crippen molar-refractivity contribution < 1.29 is 14.3 Å². The third-order valence-electron chi connectivity index (χ3n) is 9.36. The highest BCUT2D eigenvalue weighted by molar-refractivity contribution is 7.98. The van der Waals surface area contributed by atoms with Crippen molar-refractivity contribution in [3.05, 3.63) is 74.8 Å². The van der Waals surface area contributed by atoms with Gasteiger partial charge in [0, 0.05) is 84.5 Å². The number of nitrogens with one attached hydrogen (secondary N) is 2. The zero-order chi connectivity index (χ0) is 33.2. The maximum Gasteiger partial charge on any atom is 0.354 e. The van der Waals surface area contributed by atoms with Crippen LogP contribution in [-0.2, 0) is 44.0 Å². The Balaban J connectivity index is 1.26. The minimum absolute atomic E-state index is 0.361. The van der Waals surface area contributed by atoms with Gasteiger partial charge in [0.15, 0.2) is 0 Å². The van der Waals surface area contributed by atoms with E-state index in [1.54, 1.807) is 11.8 Å². The van der Waals surface area contributed by atoms with E-state index in [1.807, 2.05) is 41.7 Å². The molecule has 0 atom stereocenters. The number of halogens is 1. The number of nitrogens with zero attached hydrogens (tertiary/aromatic N) is 5. The molecule has 8 bridgehead atoms. The van der Waals surface area contributed by atoms with Gasteiger partial charge in [0.1, 0.15) is 11.4 Å². The first-order valence-electron chi connectivity index (χ1n) is 16.7. The van der Waals surface area contributed by atoms with Crippen molar-refractivity contribution in [2.24, 2.45) is 19.2 Å². The third-order valence-corrected chi connectivity index (χ3v) is 10.7. The molecular weight excluding hydrogens is 646 g/mol. The summed E-state index contributed by atoms with van der Waals surface area (Å²) in [6.07, 6.45) is 9.44. The number of thioether (sulfide) groups is 1. The summed E-state index contributed by atoms with van der Waals surface area (Å²) in [4.78, 5) is 14.4. The Hall–Kier alpha value is -3.93. The number of carbonyl (C=O) groups is 1. The number of esters is 1. The number of ether oxygens (including phenoxy) is 2. The maximum absolute atomic E-state index is 13.2. The summed E-state index contributed by atoms with van der Waals surface area (Å²) in [7, 11) is 5.36. The van der Waals surface area contributed by atoms with Crippen LogP contribution in [0.5, 0.6) is 5.75 Å². The summed E-state index contributed by atoms with van der Waals surface area (Å²) >= 11 is 8.69. The number of benzene rings is 2. The molecule has 0 aliphatic carbocycles. The first-order valence-corrected chi connectivity index (χ1v) is 18.0. The van der Waals surface area contributed by atoms with Gasteiger partial charge in [-0.1, -0.05) is 17.7 Å². The number of anilines is 1. The fraction of sp³-hybridized carbons (Fsp3) is 0.417.